The topological polar surface area (TPSA) is 55.1 Å². The molecular weight excluding hydrogens is 401 g/mol. The van der Waals surface area contributed by atoms with Gasteiger partial charge in [-0.1, -0.05) is 26.8 Å². The van der Waals surface area contributed by atoms with Crippen molar-refractivity contribution in [2.45, 2.75) is 72.0 Å². The molecule has 2 aromatic carbocycles. The number of aryl methyl sites for hydroxylation is 1. The molecule has 0 aromatic heterocycles. The van der Waals surface area contributed by atoms with E-state index in [1.54, 1.807) is 0 Å². The van der Waals surface area contributed by atoms with Gasteiger partial charge in [-0.3, -0.25) is 4.79 Å². The van der Waals surface area contributed by atoms with Gasteiger partial charge in [0.05, 0.1) is 11.6 Å². The van der Waals surface area contributed by atoms with Gasteiger partial charge in [0.2, 0.25) is 5.91 Å². The molecule has 0 aliphatic heterocycles. The largest absolute Gasteiger partial charge is 0.416 e. The van der Waals surface area contributed by atoms with E-state index in [-0.39, 0.29) is 17.9 Å². The molecule has 3 rings (SSSR count). The van der Waals surface area contributed by atoms with E-state index in [1.807, 2.05) is 20.8 Å². The molecule has 6 heteroatoms. The maximum Gasteiger partial charge on any atom is 0.416 e. The first-order chi connectivity index (χ1) is 14.3. The highest BCUT2D eigenvalue weighted by atomic mass is 19.4. The van der Waals surface area contributed by atoms with Crippen LogP contribution in [0.25, 0.3) is 0 Å². The van der Waals surface area contributed by atoms with Crippen molar-refractivity contribution in [2.24, 2.45) is 11.1 Å². The third kappa shape index (κ3) is 4.43. The van der Waals surface area contributed by atoms with Crippen molar-refractivity contribution in [3.8, 4) is 0 Å². The molecule has 2 unspecified atom stereocenters. The minimum absolute atomic E-state index is 0.0291. The molecular formula is C25H31F3N2O. The fraction of sp³-hybridized carbons (Fsp3) is 0.480. The lowest BCUT2D eigenvalue weighted by atomic mass is 9.70. The number of nitrogens with two attached hydrogens (primary N) is 1. The molecule has 1 amide bonds. The zero-order valence-electron chi connectivity index (χ0n) is 18.8. The van der Waals surface area contributed by atoms with Gasteiger partial charge in [0.15, 0.2) is 0 Å². The smallest absolute Gasteiger partial charge is 0.378 e. The second-order valence-electron chi connectivity index (χ2n) is 9.27. The van der Waals surface area contributed by atoms with E-state index >= 15 is 0 Å². The fourth-order valence-corrected chi connectivity index (χ4v) is 4.70. The molecule has 2 aromatic rings. The van der Waals surface area contributed by atoms with Gasteiger partial charge in [-0.25, -0.2) is 0 Å². The first kappa shape index (κ1) is 23.2. The molecule has 1 aliphatic carbocycles. The first-order valence-electron chi connectivity index (χ1n) is 10.7. The molecule has 168 valence electrons. The van der Waals surface area contributed by atoms with Crippen LogP contribution >= 0.6 is 0 Å². The predicted octanol–water partition coefficient (Wildman–Crippen LogP) is 6.43. The highest BCUT2D eigenvalue weighted by Crippen LogP contribution is 2.43. The lowest BCUT2D eigenvalue weighted by Gasteiger charge is -2.35. The van der Waals surface area contributed by atoms with E-state index < -0.39 is 17.2 Å². The summed E-state index contributed by atoms with van der Waals surface area (Å²) in [4.78, 5) is 12.0. The summed E-state index contributed by atoms with van der Waals surface area (Å²) in [5, 5.41) is 3.43. The van der Waals surface area contributed by atoms with Gasteiger partial charge in [0.1, 0.15) is 0 Å². The van der Waals surface area contributed by atoms with Crippen molar-refractivity contribution in [1.82, 2.24) is 0 Å². The summed E-state index contributed by atoms with van der Waals surface area (Å²) in [6.07, 6.45) is -1.49. The summed E-state index contributed by atoms with van der Waals surface area (Å²) < 4.78 is 38.6. The van der Waals surface area contributed by atoms with Gasteiger partial charge in [-0.15, -0.1) is 0 Å². The van der Waals surface area contributed by atoms with Crippen LogP contribution in [-0.2, 0) is 17.4 Å². The Morgan fingerprint density at radius 2 is 1.77 bits per heavy atom. The predicted molar refractivity (Wildman–Crippen MR) is 118 cm³/mol. The van der Waals surface area contributed by atoms with Crippen molar-refractivity contribution < 1.29 is 18.0 Å². The zero-order valence-corrected chi connectivity index (χ0v) is 18.8. The van der Waals surface area contributed by atoms with Crippen molar-refractivity contribution in [1.29, 1.82) is 0 Å². The number of fused-ring (bicyclic) bond motifs is 1. The summed E-state index contributed by atoms with van der Waals surface area (Å²) >= 11 is 0. The average molecular weight is 433 g/mol. The number of rotatable bonds is 5. The Morgan fingerprint density at radius 3 is 2.32 bits per heavy atom. The molecule has 0 spiro atoms. The number of carbonyl (C=O) groups is 1. The van der Waals surface area contributed by atoms with E-state index in [1.165, 1.54) is 28.8 Å². The Hall–Kier alpha value is -2.50. The van der Waals surface area contributed by atoms with Crippen molar-refractivity contribution in [2.75, 3.05) is 5.32 Å². The maximum atomic E-state index is 12.9. The lowest BCUT2D eigenvalue weighted by Crippen LogP contribution is -2.36. The van der Waals surface area contributed by atoms with Gasteiger partial charge in [0, 0.05) is 11.1 Å². The van der Waals surface area contributed by atoms with Crippen LogP contribution in [0.2, 0.25) is 0 Å². The van der Waals surface area contributed by atoms with E-state index in [0.717, 1.165) is 42.5 Å². The fourth-order valence-electron chi connectivity index (χ4n) is 4.70. The summed E-state index contributed by atoms with van der Waals surface area (Å²) in [6.45, 7) is 9.98. The number of halogens is 3. The molecule has 2 atom stereocenters. The van der Waals surface area contributed by atoms with Crippen LogP contribution in [0, 0.1) is 19.3 Å². The summed E-state index contributed by atoms with van der Waals surface area (Å²) in [5.74, 6) is -0.350. The summed E-state index contributed by atoms with van der Waals surface area (Å²) in [6, 6.07) is 7.40. The summed E-state index contributed by atoms with van der Waals surface area (Å²) in [7, 11) is 0. The second-order valence-corrected chi connectivity index (χ2v) is 9.27. The molecule has 3 N–H and O–H groups in total. The summed E-state index contributed by atoms with van der Waals surface area (Å²) in [5.41, 5.74) is 10.9. The Bertz CT molecular complexity index is 978. The quantitative estimate of drug-likeness (QED) is 0.572. The number of nitrogens with one attached hydrogen (secondary N) is 1. The van der Waals surface area contributed by atoms with Crippen LogP contribution in [0.5, 0.6) is 0 Å². The number of alkyl halides is 3. The Morgan fingerprint density at radius 1 is 1.16 bits per heavy atom. The number of hydrogen-bond donors (Lipinski definition) is 2. The van der Waals surface area contributed by atoms with Gasteiger partial charge >= 0.3 is 6.18 Å². The van der Waals surface area contributed by atoms with Crippen LogP contribution in [-0.4, -0.2) is 5.91 Å². The molecule has 3 nitrogen and oxygen atoms in total. The highest BCUT2D eigenvalue weighted by Gasteiger charge is 2.36. The van der Waals surface area contributed by atoms with E-state index in [2.05, 4.69) is 25.2 Å². The minimum Gasteiger partial charge on any atom is -0.378 e. The van der Waals surface area contributed by atoms with Crippen LogP contribution in [0.4, 0.5) is 18.9 Å². The van der Waals surface area contributed by atoms with E-state index in [0.29, 0.717) is 5.69 Å². The second kappa shape index (κ2) is 8.21. The van der Waals surface area contributed by atoms with Gasteiger partial charge in [-0.05, 0) is 91.1 Å². The molecule has 1 aliphatic rings. The van der Waals surface area contributed by atoms with Crippen LogP contribution in [0.1, 0.15) is 79.0 Å². The standard InChI is InChI=1S/C25H31F3N2O/c1-14-13-20-19(15(2)22(14)16(3)24(4,5)23(29)31)7-6-8-21(20)30-18-11-9-17(10-12-18)25(26,27)28/h9-13,16,21,30H,6-8H2,1-5H3,(H2,29,31). The number of amides is 1. The van der Waals surface area contributed by atoms with Crippen molar-refractivity contribution >= 4 is 11.6 Å². The zero-order chi connectivity index (χ0) is 23.1. The maximum absolute atomic E-state index is 12.9. The molecule has 0 fully saturated rings. The molecule has 0 bridgehead atoms. The van der Waals surface area contributed by atoms with E-state index in [9.17, 15) is 18.0 Å². The van der Waals surface area contributed by atoms with Crippen molar-refractivity contribution in [3.63, 3.8) is 0 Å². The Labute approximate surface area is 182 Å². The van der Waals surface area contributed by atoms with Gasteiger partial charge in [0.25, 0.3) is 0 Å². The van der Waals surface area contributed by atoms with Gasteiger partial charge < -0.3 is 11.1 Å². The average Bonchev–Trinajstić information content (AvgIpc) is 2.68. The van der Waals surface area contributed by atoms with Crippen molar-refractivity contribution in [3.05, 3.63) is 63.7 Å². The Kier molecular flexibility index (Phi) is 6.14. The first-order valence-corrected chi connectivity index (χ1v) is 10.7. The SMILES string of the molecule is Cc1cc2c(c(C)c1C(C)C(C)(C)C(N)=O)CCCC2Nc1ccc(C(F)(F)F)cc1. The number of anilines is 1. The minimum atomic E-state index is -4.34. The number of benzene rings is 2. The molecule has 0 saturated carbocycles. The lowest BCUT2D eigenvalue weighted by molar-refractivity contribution is -0.137. The molecule has 31 heavy (non-hydrogen) atoms. The van der Waals surface area contributed by atoms with E-state index in [4.69, 9.17) is 5.73 Å². The van der Waals surface area contributed by atoms with Crippen LogP contribution in [0.15, 0.2) is 30.3 Å². The van der Waals surface area contributed by atoms with Crippen LogP contribution < -0.4 is 11.1 Å². The molecule has 0 saturated heterocycles. The number of hydrogen-bond acceptors (Lipinski definition) is 2. The third-order valence-electron chi connectivity index (χ3n) is 7.00. The monoisotopic (exact) mass is 432 g/mol. The van der Waals surface area contributed by atoms with Gasteiger partial charge in [-0.2, -0.15) is 13.2 Å². The Balaban J connectivity index is 1.95. The molecule has 0 radical (unpaired) electrons. The number of carbonyl (C=O) groups excluding carboxylic acids is 1. The molecule has 0 heterocycles. The highest BCUT2D eigenvalue weighted by molar-refractivity contribution is 5.81. The normalized spacial score (nSPS) is 17.7. The van der Waals surface area contributed by atoms with Crippen LogP contribution in [0.3, 0.4) is 0 Å². The third-order valence-corrected chi connectivity index (χ3v) is 7.00. The number of primary amides is 1.